The molecule has 6 nitrogen and oxygen atoms in total. The molecule has 0 aliphatic carbocycles. The van der Waals surface area contributed by atoms with Gasteiger partial charge in [0.25, 0.3) is 5.91 Å². The van der Waals surface area contributed by atoms with Crippen molar-refractivity contribution in [1.82, 2.24) is 10.2 Å². The Kier molecular flexibility index (Phi) is 6.79. The maximum absolute atomic E-state index is 12.6. The van der Waals surface area contributed by atoms with Gasteiger partial charge in [-0.2, -0.15) is 0 Å². The molecule has 0 aromatic heterocycles. The molecule has 1 aliphatic heterocycles. The third kappa shape index (κ3) is 5.52. The Hall–Kier alpha value is -2.97. The number of thiocarbonyl (C=S) groups is 1. The van der Waals surface area contributed by atoms with Gasteiger partial charge in [-0.3, -0.25) is 19.3 Å². The predicted molar refractivity (Wildman–Crippen MR) is 117 cm³/mol. The van der Waals surface area contributed by atoms with Crippen molar-refractivity contribution >= 4 is 52.2 Å². The summed E-state index contributed by atoms with van der Waals surface area (Å²) in [5.74, 6) is -1.81. The van der Waals surface area contributed by atoms with Crippen molar-refractivity contribution in [3.05, 3.63) is 65.1 Å². The van der Waals surface area contributed by atoms with Crippen LogP contribution in [0.3, 0.4) is 0 Å². The van der Waals surface area contributed by atoms with Gasteiger partial charge in [-0.25, -0.2) is 0 Å². The van der Waals surface area contributed by atoms with Crippen LogP contribution in [0.1, 0.15) is 12.0 Å². The number of thioether (sulfide) groups is 1. The van der Waals surface area contributed by atoms with Crippen LogP contribution in [-0.2, 0) is 14.4 Å². The molecule has 3 rings (SSSR count). The Morgan fingerprint density at radius 1 is 1.07 bits per heavy atom. The SMILES string of the molecule is O=C(O)CNC(=O)CCN1C(=O)/C(=C/c2ccc(-c3ccccc3)cc2)SC1=S. The van der Waals surface area contributed by atoms with E-state index in [1.807, 2.05) is 54.6 Å². The van der Waals surface area contributed by atoms with Gasteiger partial charge in [0.2, 0.25) is 5.91 Å². The van der Waals surface area contributed by atoms with E-state index in [9.17, 15) is 14.4 Å². The molecule has 1 aliphatic rings. The number of rotatable bonds is 7. The summed E-state index contributed by atoms with van der Waals surface area (Å²) >= 11 is 6.45. The van der Waals surface area contributed by atoms with E-state index in [0.29, 0.717) is 9.23 Å². The topological polar surface area (TPSA) is 86.7 Å². The van der Waals surface area contributed by atoms with Crippen LogP contribution < -0.4 is 5.32 Å². The molecule has 0 radical (unpaired) electrons. The maximum Gasteiger partial charge on any atom is 0.322 e. The molecule has 2 amide bonds. The number of nitrogens with zero attached hydrogens (tertiary/aromatic N) is 1. The van der Waals surface area contributed by atoms with Crippen LogP contribution in [0, 0.1) is 0 Å². The summed E-state index contributed by atoms with van der Waals surface area (Å²) in [6.45, 7) is -0.337. The molecule has 0 unspecified atom stereocenters. The van der Waals surface area contributed by atoms with Gasteiger partial charge < -0.3 is 10.4 Å². The fourth-order valence-corrected chi connectivity index (χ4v) is 4.03. The van der Waals surface area contributed by atoms with Gasteiger partial charge in [-0.15, -0.1) is 0 Å². The van der Waals surface area contributed by atoms with Crippen LogP contribution in [-0.4, -0.2) is 45.2 Å². The first kappa shape index (κ1) is 20.8. The monoisotopic (exact) mass is 426 g/mol. The van der Waals surface area contributed by atoms with E-state index in [1.54, 1.807) is 6.08 Å². The second-order valence-electron chi connectivity index (χ2n) is 6.24. The van der Waals surface area contributed by atoms with Crippen molar-refractivity contribution in [3.63, 3.8) is 0 Å². The van der Waals surface area contributed by atoms with Crippen LogP contribution in [0.4, 0.5) is 0 Å². The number of carbonyl (C=O) groups excluding carboxylic acids is 2. The molecular weight excluding hydrogens is 408 g/mol. The Morgan fingerprint density at radius 3 is 2.38 bits per heavy atom. The number of carbonyl (C=O) groups is 3. The number of nitrogens with one attached hydrogen (secondary N) is 1. The van der Waals surface area contributed by atoms with Gasteiger partial charge in [0, 0.05) is 13.0 Å². The van der Waals surface area contributed by atoms with Gasteiger partial charge in [-0.1, -0.05) is 78.6 Å². The van der Waals surface area contributed by atoms with Crippen molar-refractivity contribution in [2.75, 3.05) is 13.1 Å². The largest absolute Gasteiger partial charge is 0.480 e. The second kappa shape index (κ2) is 9.49. The molecule has 2 aromatic carbocycles. The minimum absolute atomic E-state index is 0.0151. The Morgan fingerprint density at radius 2 is 1.72 bits per heavy atom. The van der Waals surface area contributed by atoms with E-state index in [4.69, 9.17) is 17.3 Å². The van der Waals surface area contributed by atoms with E-state index in [0.717, 1.165) is 16.7 Å². The van der Waals surface area contributed by atoms with Crippen LogP contribution in [0.15, 0.2) is 59.5 Å². The molecule has 1 heterocycles. The lowest BCUT2D eigenvalue weighted by molar-refractivity contribution is -0.138. The van der Waals surface area contributed by atoms with Crippen LogP contribution in [0.5, 0.6) is 0 Å². The smallest absolute Gasteiger partial charge is 0.322 e. The van der Waals surface area contributed by atoms with Crippen LogP contribution in [0.2, 0.25) is 0 Å². The molecule has 2 N–H and O–H groups in total. The minimum Gasteiger partial charge on any atom is -0.480 e. The van der Waals surface area contributed by atoms with E-state index >= 15 is 0 Å². The van der Waals surface area contributed by atoms with Crippen LogP contribution in [0.25, 0.3) is 17.2 Å². The Labute approximate surface area is 177 Å². The van der Waals surface area contributed by atoms with Gasteiger partial charge in [0.1, 0.15) is 10.9 Å². The zero-order valence-corrected chi connectivity index (χ0v) is 17.0. The zero-order valence-electron chi connectivity index (χ0n) is 15.3. The van der Waals surface area contributed by atoms with Gasteiger partial charge >= 0.3 is 5.97 Å². The lowest BCUT2D eigenvalue weighted by Crippen LogP contribution is -2.35. The lowest BCUT2D eigenvalue weighted by atomic mass is 10.0. The maximum atomic E-state index is 12.6. The van der Waals surface area contributed by atoms with Crippen molar-refractivity contribution in [3.8, 4) is 11.1 Å². The molecular formula is C21H18N2O4S2. The molecule has 1 saturated heterocycles. The molecule has 0 spiro atoms. The van der Waals surface area contributed by atoms with E-state index in [-0.39, 0.29) is 18.9 Å². The second-order valence-corrected chi connectivity index (χ2v) is 7.92. The highest BCUT2D eigenvalue weighted by atomic mass is 32.2. The number of benzene rings is 2. The van der Waals surface area contributed by atoms with Crippen molar-refractivity contribution < 1.29 is 19.5 Å². The summed E-state index contributed by atoms with van der Waals surface area (Å²) in [5, 5.41) is 10.8. The van der Waals surface area contributed by atoms with E-state index in [1.165, 1.54) is 16.7 Å². The van der Waals surface area contributed by atoms with Crippen molar-refractivity contribution in [1.29, 1.82) is 0 Å². The number of hydrogen-bond acceptors (Lipinski definition) is 5. The fraction of sp³-hybridized carbons (Fsp3) is 0.143. The predicted octanol–water partition coefficient (Wildman–Crippen LogP) is 3.15. The standard InChI is InChI=1S/C21H18N2O4S2/c24-18(22-13-19(25)26)10-11-23-20(27)17(29-21(23)28)12-14-6-8-16(9-7-14)15-4-2-1-3-5-15/h1-9,12H,10-11,13H2,(H,22,24)(H,25,26)/b17-12-. The van der Waals surface area contributed by atoms with E-state index < -0.39 is 18.4 Å². The van der Waals surface area contributed by atoms with Gasteiger partial charge in [0.05, 0.1) is 4.91 Å². The summed E-state index contributed by atoms with van der Waals surface area (Å²) < 4.78 is 0.383. The summed E-state index contributed by atoms with van der Waals surface area (Å²) in [4.78, 5) is 36.6. The molecule has 2 aromatic rings. The number of hydrogen-bond donors (Lipinski definition) is 2. The molecule has 0 saturated carbocycles. The highest BCUT2D eigenvalue weighted by Gasteiger charge is 2.32. The molecule has 8 heteroatoms. The zero-order chi connectivity index (χ0) is 20.8. The number of carboxylic acids is 1. The quantitative estimate of drug-likeness (QED) is 0.523. The molecule has 29 heavy (non-hydrogen) atoms. The molecule has 0 atom stereocenters. The molecule has 148 valence electrons. The van der Waals surface area contributed by atoms with Gasteiger partial charge in [0.15, 0.2) is 0 Å². The highest BCUT2D eigenvalue weighted by molar-refractivity contribution is 8.26. The van der Waals surface area contributed by atoms with Crippen LogP contribution >= 0.6 is 24.0 Å². The van der Waals surface area contributed by atoms with Gasteiger partial charge in [-0.05, 0) is 22.8 Å². The van der Waals surface area contributed by atoms with Crippen molar-refractivity contribution in [2.45, 2.75) is 6.42 Å². The summed E-state index contributed by atoms with van der Waals surface area (Å²) in [6.07, 6.45) is 1.76. The third-order valence-corrected chi connectivity index (χ3v) is 5.57. The lowest BCUT2D eigenvalue weighted by Gasteiger charge is -2.13. The van der Waals surface area contributed by atoms with Crippen molar-refractivity contribution in [2.24, 2.45) is 0 Å². The fourth-order valence-electron chi connectivity index (χ4n) is 2.72. The first-order valence-electron chi connectivity index (χ1n) is 8.83. The normalized spacial score (nSPS) is 15.0. The summed E-state index contributed by atoms with van der Waals surface area (Å²) in [7, 11) is 0. The first-order chi connectivity index (χ1) is 13.9. The number of aliphatic carboxylic acids is 1. The molecule has 0 bridgehead atoms. The third-order valence-electron chi connectivity index (χ3n) is 4.19. The minimum atomic E-state index is -1.12. The highest BCUT2D eigenvalue weighted by Crippen LogP contribution is 2.33. The Bertz CT molecular complexity index is 972. The summed E-state index contributed by atoms with van der Waals surface area (Å²) in [5.41, 5.74) is 3.08. The summed E-state index contributed by atoms with van der Waals surface area (Å²) in [6, 6.07) is 17.9. The number of carboxylic acid groups (broad SMARTS) is 1. The average Bonchev–Trinajstić information content (AvgIpc) is 2.98. The number of amides is 2. The first-order valence-corrected chi connectivity index (χ1v) is 10.1. The van der Waals surface area contributed by atoms with E-state index in [2.05, 4.69) is 5.32 Å². The molecule has 1 fully saturated rings. The average molecular weight is 427 g/mol. The Balaban J connectivity index is 1.63.